The van der Waals surface area contributed by atoms with E-state index in [0.717, 1.165) is 0 Å². The van der Waals surface area contributed by atoms with Crippen LogP contribution in [-0.4, -0.2) is 22.7 Å². The zero-order valence-electron chi connectivity index (χ0n) is 6.30. The molecule has 4 nitrogen and oxygen atoms in total. The summed E-state index contributed by atoms with van der Waals surface area (Å²) in [6.07, 6.45) is 3.44. The molecule has 1 atom stereocenters. The lowest BCUT2D eigenvalue weighted by Crippen LogP contribution is -2.24. The minimum absolute atomic E-state index is 0.0254. The van der Waals surface area contributed by atoms with Crippen LogP contribution in [0.25, 0.3) is 0 Å². The normalized spacial score (nSPS) is 23.6. The highest BCUT2D eigenvalue weighted by Crippen LogP contribution is 2.21. The highest BCUT2D eigenvalue weighted by molar-refractivity contribution is 7.81. The number of nitrogens with zero attached hydrogens (tertiary/aromatic N) is 2. The number of hydrogen-bond acceptors (Lipinski definition) is 4. The summed E-state index contributed by atoms with van der Waals surface area (Å²) >= 11 is 4.21. The number of thiol groups is 1. The smallest absolute Gasteiger partial charge is 0.304 e. The molecule has 0 aromatic carbocycles. The van der Waals surface area contributed by atoms with Gasteiger partial charge in [-0.25, -0.2) is 4.98 Å². The molecule has 12 heavy (non-hydrogen) atoms. The van der Waals surface area contributed by atoms with Gasteiger partial charge in [-0.15, -0.1) is 0 Å². The predicted octanol–water partition coefficient (Wildman–Crippen LogP) is 0.710. The van der Waals surface area contributed by atoms with Crippen molar-refractivity contribution in [3.05, 3.63) is 12.5 Å². The van der Waals surface area contributed by atoms with Crippen molar-refractivity contribution in [3.8, 4) is 0 Å². The first-order chi connectivity index (χ1) is 5.77. The standard InChI is InChI=1S/C7H8N2O2S/c10-6-3-5(12)4-9(6)7-8-1-2-11-7/h1-2,5,12H,3-4H2. The van der Waals surface area contributed by atoms with Gasteiger partial charge in [0.2, 0.25) is 5.91 Å². The van der Waals surface area contributed by atoms with Gasteiger partial charge >= 0.3 is 6.01 Å². The number of oxazole rings is 1. The molecule has 1 aromatic rings. The number of amides is 1. The van der Waals surface area contributed by atoms with Crippen LogP contribution in [0.1, 0.15) is 6.42 Å². The van der Waals surface area contributed by atoms with E-state index in [1.165, 1.54) is 17.4 Å². The summed E-state index contributed by atoms with van der Waals surface area (Å²) in [4.78, 5) is 16.7. The molecule has 0 aliphatic carbocycles. The molecule has 0 spiro atoms. The third-order valence-corrected chi connectivity index (χ3v) is 2.10. The molecular weight excluding hydrogens is 176 g/mol. The molecule has 1 unspecified atom stereocenters. The van der Waals surface area contributed by atoms with E-state index in [1.54, 1.807) is 0 Å². The van der Waals surface area contributed by atoms with Crippen LogP contribution in [0.15, 0.2) is 16.9 Å². The predicted molar refractivity (Wildman–Crippen MR) is 46.2 cm³/mol. The summed E-state index contributed by atoms with van der Waals surface area (Å²) in [5.41, 5.74) is 0. The molecule has 0 radical (unpaired) electrons. The Bertz CT molecular complexity index is 286. The third-order valence-electron chi connectivity index (χ3n) is 1.75. The largest absolute Gasteiger partial charge is 0.432 e. The van der Waals surface area contributed by atoms with Crippen LogP contribution in [0.2, 0.25) is 0 Å². The first-order valence-corrected chi connectivity index (χ1v) is 4.17. The van der Waals surface area contributed by atoms with Crippen molar-refractivity contribution in [2.45, 2.75) is 11.7 Å². The average molecular weight is 184 g/mol. The monoisotopic (exact) mass is 184 g/mol. The van der Waals surface area contributed by atoms with Gasteiger partial charge in [-0.3, -0.25) is 9.69 Å². The lowest BCUT2D eigenvalue weighted by atomic mass is 10.4. The molecule has 2 rings (SSSR count). The molecule has 64 valence electrons. The quantitative estimate of drug-likeness (QED) is 0.654. The fourth-order valence-electron chi connectivity index (χ4n) is 1.22. The fraction of sp³-hybridized carbons (Fsp3) is 0.429. The summed E-state index contributed by atoms with van der Waals surface area (Å²) in [5.74, 6) is 0.0254. The van der Waals surface area contributed by atoms with Crippen molar-refractivity contribution in [2.24, 2.45) is 0 Å². The molecular formula is C7H8N2O2S. The van der Waals surface area contributed by atoms with E-state index < -0.39 is 0 Å². The second-order valence-electron chi connectivity index (χ2n) is 2.68. The maximum atomic E-state index is 11.3. The van der Waals surface area contributed by atoms with Gasteiger partial charge in [0.15, 0.2) is 0 Å². The number of aromatic nitrogens is 1. The molecule has 1 aliphatic rings. The van der Waals surface area contributed by atoms with Crippen LogP contribution in [-0.2, 0) is 4.79 Å². The summed E-state index contributed by atoms with van der Waals surface area (Å²) in [5, 5.41) is 0.101. The number of carbonyl (C=O) groups excluding carboxylic acids is 1. The molecule has 1 amide bonds. The Morgan fingerprint density at radius 3 is 3.08 bits per heavy atom. The van der Waals surface area contributed by atoms with E-state index in [9.17, 15) is 4.79 Å². The highest BCUT2D eigenvalue weighted by Gasteiger charge is 2.30. The second kappa shape index (κ2) is 2.82. The summed E-state index contributed by atoms with van der Waals surface area (Å²) in [6, 6.07) is 0.372. The molecule has 5 heteroatoms. The summed E-state index contributed by atoms with van der Waals surface area (Å²) in [6.45, 7) is 0.586. The van der Waals surface area contributed by atoms with Crippen LogP contribution < -0.4 is 4.90 Å². The van der Waals surface area contributed by atoms with Gasteiger partial charge in [-0.1, -0.05) is 0 Å². The van der Waals surface area contributed by atoms with Gasteiger partial charge in [-0.05, 0) is 0 Å². The van der Waals surface area contributed by atoms with Crippen LogP contribution in [0.3, 0.4) is 0 Å². The zero-order valence-corrected chi connectivity index (χ0v) is 7.20. The second-order valence-corrected chi connectivity index (χ2v) is 3.41. The SMILES string of the molecule is O=C1CC(S)CN1c1ncco1. The van der Waals surface area contributed by atoms with Crippen molar-refractivity contribution in [1.29, 1.82) is 0 Å². The van der Waals surface area contributed by atoms with Gasteiger partial charge in [0.1, 0.15) is 6.26 Å². The van der Waals surface area contributed by atoms with Gasteiger partial charge in [0.05, 0.1) is 6.20 Å². The highest BCUT2D eigenvalue weighted by atomic mass is 32.1. The number of anilines is 1. The maximum Gasteiger partial charge on any atom is 0.304 e. The van der Waals surface area contributed by atoms with Gasteiger partial charge < -0.3 is 4.42 Å². The molecule has 1 fully saturated rings. The Hall–Kier alpha value is -0.970. The van der Waals surface area contributed by atoms with E-state index >= 15 is 0 Å². The fourth-order valence-corrected chi connectivity index (χ4v) is 1.54. The summed E-state index contributed by atoms with van der Waals surface area (Å²) in [7, 11) is 0. The van der Waals surface area contributed by atoms with E-state index in [0.29, 0.717) is 19.0 Å². The van der Waals surface area contributed by atoms with Gasteiger partial charge in [0, 0.05) is 18.2 Å². The number of carbonyl (C=O) groups is 1. The molecule has 1 aliphatic heterocycles. The molecule has 1 aromatic heterocycles. The average Bonchev–Trinajstić information content (AvgIpc) is 2.58. The van der Waals surface area contributed by atoms with Crippen LogP contribution in [0.5, 0.6) is 0 Å². The number of hydrogen-bond donors (Lipinski definition) is 1. The lowest BCUT2D eigenvalue weighted by molar-refractivity contribution is -0.117. The molecule has 2 heterocycles. The van der Waals surface area contributed by atoms with Crippen LogP contribution >= 0.6 is 12.6 Å². The summed E-state index contributed by atoms with van der Waals surface area (Å²) < 4.78 is 5.00. The number of rotatable bonds is 1. The van der Waals surface area contributed by atoms with Gasteiger partial charge in [-0.2, -0.15) is 12.6 Å². The van der Waals surface area contributed by atoms with Crippen molar-refractivity contribution >= 4 is 24.6 Å². The minimum Gasteiger partial charge on any atom is -0.432 e. The molecule has 0 N–H and O–H groups in total. The Labute approximate surface area is 75.0 Å². The molecule has 0 saturated carbocycles. The van der Waals surface area contributed by atoms with E-state index in [2.05, 4.69) is 17.6 Å². The lowest BCUT2D eigenvalue weighted by Gasteiger charge is -2.08. The maximum absolute atomic E-state index is 11.3. The Morgan fingerprint density at radius 2 is 2.58 bits per heavy atom. The molecule has 0 bridgehead atoms. The van der Waals surface area contributed by atoms with Crippen molar-refractivity contribution in [1.82, 2.24) is 4.98 Å². The zero-order chi connectivity index (χ0) is 8.55. The first-order valence-electron chi connectivity index (χ1n) is 3.65. The van der Waals surface area contributed by atoms with E-state index in [-0.39, 0.29) is 11.2 Å². The molecule has 1 saturated heterocycles. The van der Waals surface area contributed by atoms with E-state index in [4.69, 9.17) is 4.42 Å². The Morgan fingerprint density at radius 1 is 1.75 bits per heavy atom. The topological polar surface area (TPSA) is 46.3 Å². The first kappa shape index (κ1) is 7.67. The van der Waals surface area contributed by atoms with E-state index in [1.807, 2.05) is 0 Å². The van der Waals surface area contributed by atoms with Crippen molar-refractivity contribution in [3.63, 3.8) is 0 Å². The van der Waals surface area contributed by atoms with Crippen LogP contribution in [0.4, 0.5) is 6.01 Å². The Kier molecular flexibility index (Phi) is 1.80. The minimum atomic E-state index is 0.0254. The Balaban J connectivity index is 2.21. The van der Waals surface area contributed by atoms with Crippen molar-refractivity contribution < 1.29 is 9.21 Å². The third kappa shape index (κ3) is 1.20. The van der Waals surface area contributed by atoms with Crippen LogP contribution in [0, 0.1) is 0 Å². The van der Waals surface area contributed by atoms with Gasteiger partial charge in [0.25, 0.3) is 0 Å². The van der Waals surface area contributed by atoms with Crippen molar-refractivity contribution in [2.75, 3.05) is 11.4 Å².